The molecule has 2 rings (SSSR count). The molecule has 0 radical (unpaired) electrons. The van der Waals surface area contributed by atoms with E-state index in [1.54, 1.807) is 36.9 Å². The average Bonchev–Trinajstić information content (AvgIpc) is 2.31. The Hall–Kier alpha value is -1.54. The maximum absolute atomic E-state index is 8.78. The maximum Gasteiger partial charge on any atom is 0.197 e. The van der Waals surface area contributed by atoms with Crippen LogP contribution in [0.3, 0.4) is 0 Å². The van der Waals surface area contributed by atoms with E-state index in [-0.39, 0.29) is 0 Å². The third-order valence-corrected chi connectivity index (χ3v) is 1.33. The second kappa shape index (κ2) is 6.86. The summed E-state index contributed by atoms with van der Waals surface area (Å²) in [4.78, 5) is 16.1. The number of rotatable bonds is 1. The van der Waals surface area contributed by atoms with Crippen molar-refractivity contribution in [1.82, 2.24) is 19.9 Å². The first-order valence-corrected chi connectivity index (χ1v) is 5.91. The molecular formula is C8H8N4O3V. The summed E-state index contributed by atoms with van der Waals surface area (Å²) >= 11 is -3.44. The van der Waals surface area contributed by atoms with Gasteiger partial charge in [0.1, 0.15) is 0 Å². The predicted molar refractivity (Wildman–Crippen MR) is 48.2 cm³/mol. The van der Waals surface area contributed by atoms with Crippen LogP contribution in [0.4, 0.5) is 0 Å². The first kappa shape index (κ1) is 12.5. The van der Waals surface area contributed by atoms with Gasteiger partial charge in [-0.05, 0) is 12.1 Å². The SMILES string of the molecule is [O]=[V]([OH])[OH].c1cnc(-c2ncccn2)nc1. The summed E-state index contributed by atoms with van der Waals surface area (Å²) in [7, 11) is 0. The molecule has 16 heavy (non-hydrogen) atoms. The summed E-state index contributed by atoms with van der Waals surface area (Å²) in [5.41, 5.74) is 0. The Balaban J connectivity index is 0.000000280. The van der Waals surface area contributed by atoms with E-state index in [0.29, 0.717) is 11.6 Å². The number of aromatic nitrogens is 4. The van der Waals surface area contributed by atoms with Crippen LogP contribution >= 0.6 is 0 Å². The van der Waals surface area contributed by atoms with Crippen molar-refractivity contribution >= 4 is 0 Å². The van der Waals surface area contributed by atoms with Gasteiger partial charge >= 0.3 is 27.5 Å². The summed E-state index contributed by atoms with van der Waals surface area (Å²) in [5, 5.41) is 0. The van der Waals surface area contributed by atoms with Crippen LogP contribution in [0.1, 0.15) is 0 Å². The van der Waals surface area contributed by atoms with Gasteiger partial charge in [-0.1, -0.05) is 0 Å². The summed E-state index contributed by atoms with van der Waals surface area (Å²) < 4.78 is 23.2. The Morgan fingerprint density at radius 1 is 0.812 bits per heavy atom. The van der Waals surface area contributed by atoms with Crippen molar-refractivity contribution in [2.45, 2.75) is 0 Å². The minimum atomic E-state index is -3.44. The van der Waals surface area contributed by atoms with Crippen LogP contribution in [-0.2, 0) is 19.5 Å². The molecule has 83 valence electrons. The second-order valence-corrected chi connectivity index (χ2v) is 3.19. The van der Waals surface area contributed by atoms with E-state index in [1.807, 2.05) is 0 Å². The Morgan fingerprint density at radius 2 is 1.06 bits per heavy atom. The van der Waals surface area contributed by atoms with E-state index < -0.39 is 15.8 Å². The van der Waals surface area contributed by atoms with Crippen molar-refractivity contribution in [3.05, 3.63) is 36.9 Å². The van der Waals surface area contributed by atoms with Crippen molar-refractivity contribution in [3.63, 3.8) is 0 Å². The first-order chi connectivity index (χ1) is 7.70. The second-order valence-electron chi connectivity index (χ2n) is 2.40. The fraction of sp³-hybridized carbons (Fsp3) is 0. The van der Waals surface area contributed by atoms with Crippen LogP contribution in [0.2, 0.25) is 0 Å². The summed E-state index contributed by atoms with van der Waals surface area (Å²) in [6, 6.07) is 3.51. The fourth-order valence-electron chi connectivity index (χ4n) is 0.829. The minimum absolute atomic E-state index is 0.554. The molecule has 0 fully saturated rings. The van der Waals surface area contributed by atoms with Gasteiger partial charge in [0.15, 0.2) is 11.6 Å². The van der Waals surface area contributed by atoms with E-state index in [0.717, 1.165) is 0 Å². The van der Waals surface area contributed by atoms with Crippen molar-refractivity contribution < 1.29 is 27.5 Å². The van der Waals surface area contributed by atoms with Gasteiger partial charge in [0.2, 0.25) is 0 Å². The zero-order chi connectivity index (χ0) is 11.8. The molecule has 0 aliphatic heterocycles. The third kappa shape index (κ3) is 4.81. The smallest absolute Gasteiger partial charge is 0.197 e. The fourth-order valence-corrected chi connectivity index (χ4v) is 0.829. The van der Waals surface area contributed by atoms with E-state index >= 15 is 0 Å². The van der Waals surface area contributed by atoms with Gasteiger partial charge in [-0.15, -0.1) is 0 Å². The number of hydrogen-bond donors (Lipinski definition) is 2. The zero-order valence-electron chi connectivity index (χ0n) is 8.00. The first-order valence-electron chi connectivity index (χ1n) is 4.09. The molecule has 0 spiro atoms. The van der Waals surface area contributed by atoms with Gasteiger partial charge in [0.05, 0.1) is 0 Å². The molecule has 2 heterocycles. The number of hydrogen-bond acceptors (Lipinski definition) is 5. The van der Waals surface area contributed by atoms with Crippen molar-refractivity contribution in [1.29, 1.82) is 0 Å². The molecule has 2 N–H and O–H groups in total. The Bertz CT molecular complexity index is 398. The maximum atomic E-state index is 8.78. The van der Waals surface area contributed by atoms with Crippen LogP contribution < -0.4 is 0 Å². The molecule has 0 saturated carbocycles. The Labute approximate surface area is 96.4 Å². The molecule has 2 aromatic rings. The topological polar surface area (TPSA) is 109 Å². The van der Waals surface area contributed by atoms with Gasteiger partial charge < -0.3 is 0 Å². The molecule has 0 atom stereocenters. The van der Waals surface area contributed by atoms with Crippen LogP contribution in [0.5, 0.6) is 0 Å². The number of nitrogens with zero attached hydrogens (tertiary/aromatic N) is 4. The molecule has 0 aromatic carbocycles. The van der Waals surface area contributed by atoms with Crippen LogP contribution in [0.25, 0.3) is 11.6 Å². The van der Waals surface area contributed by atoms with Crippen molar-refractivity contribution in [2.75, 3.05) is 0 Å². The van der Waals surface area contributed by atoms with Gasteiger partial charge in [0.25, 0.3) is 0 Å². The van der Waals surface area contributed by atoms with E-state index in [4.69, 9.17) is 11.7 Å². The molecule has 0 unspecified atom stereocenters. The summed E-state index contributed by atoms with van der Waals surface area (Å²) in [5.74, 6) is 1.11. The van der Waals surface area contributed by atoms with Crippen molar-refractivity contribution in [3.8, 4) is 11.6 Å². The molecule has 8 heteroatoms. The van der Waals surface area contributed by atoms with Gasteiger partial charge in [-0.3, -0.25) is 0 Å². The average molecular weight is 259 g/mol. The van der Waals surface area contributed by atoms with E-state index in [1.165, 1.54) is 0 Å². The molecule has 0 aliphatic rings. The van der Waals surface area contributed by atoms with E-state index in [9.17, 15) is 0 Å². The van der Waals surface area contributed by atoms with Crippen LogP contribution in [-0.4, -0.2) is 28.0 Å². The normalized spacial score (nSPS) is 8.88. The zero-order valence-corrected chi connectivity index (χ0v) is 9.40. The Morgan fingerprint density at radius 3 is 1.31 bits per heavy atom. The van der Waals surface area contributed by atoms with Crippen molar-refractivity contribution in [2.24, 2.45) is 0 Å². The van der Waals surface area contributed by atoms with Gasteiger partial charge in [0, 0.05) is 24.8 Å². The predicted octanol–water partition coefficient (Wildman–Crippen LogP) is -0.302. The van der Waals surface area contributed by atoms with Crippen LogP contribution in [0.15, 0.2) is 36.9 Å². The molecule has 2 aromatic heterocycles. The molecule has 0 saturated heterocycles. The quantitative estimate of drug-likeness (QED) is 0.723. The summed E-state index contributed by atoms with van der Waals surface area (Å²) in [6.45, 7) is 0. The Kier molecular flexibility index (Phi) is 5.37. The minimum Gasteiger partial charge on any atom is -0.234 e. The third-order valence-electron chi connectivity index (χ3n) is 1.33. The molecule has 7 nitrogen and oxygen atoms in total. The van der Waals surface area contributed by atoms with Crippen LogP contribution in [0, 0.1) is 0 Å². The largest absolute Gasteiger partial charge is 0.234 e. The van der Waals surface area contributed by atoms with Gasteiger partial charge in [-0.25, -0.2) is 19.9 Å². The molecule has 0 amide bonds. The molecule has 0 bridgehead atoms. The summed E-state index contributed by atoms with van der Waals surface area (Å²) in [6.07, 6.45) is 6.66. The molecule has 0 aliphatic carbocycles. The monoisotopic (exact) mass is 259 g/mol. The van der Waals surface area contributed by atoms with E-state index in [2.05, 4.69) is 19.9 Å². The van der Waals surface area contributed by atoms with Gasteiger partial charge in [-0.2, -0.15) is 0 Å². The molecular weight excluding hydrogens is 251 g/mol. The standard InChI is InChI=1S/C8H6N4.2H2O.O.V/c1-3-9-7(10-4-1)8-11-5-2-6-12-8;;;;/h1-6H;2*1H2;;/q;;;;+2/p-2.